The van der Waals surface area contributed by atoms with Crippen molar-refractivity contribution < 1.29 is 17.5 Å². The van der Waals surface area contributed by atoms with E-state index < -0.39 is 5.97 Å². The Kier molecular flexibility index (Phi) is 12.4. The third-order valence-corrected chi connectivity index (χ3v) is 2.13. The summed E-state index contributed by atoms with van der Waals surface area (Å²) in [6.07, 6.45) is 1.33. The Morgan fingerprint density at radius 2 is 1.57 bits per heavy atom. The number of carbonyl (C=O) groups excluding carboxylic acids is 1. The summed E-state index contributed by atoms with van der Waals surface area (Å²) in [6, 6.07) is 0. The summed E-state index contributed by atoms with van der Waals surface area (Å²) < 4.78 is 10.4. The Bertz CT molecular complexity index is 149. The molecule has 0 fully saturated rings. The van der Waals surface area contributed by atoms with Crippen LogP contribution in [0, 0.1) is 0 Å². The zero-order chi connectivity index (χ0) is 11.6. The normalized spacial score (nSPS) is 9.00. The number of carbonyl (C=O) groups is 1. The Balaban J connectivity index is 0. The maximum absolute atomic E-state index is 9.14. The van der Waals surface area contributed by atoms with Crippen LogP contribution in [0.1, 0.15) is 27.7 Å². The van der Waals surface area contributed by atoms with Crippen LogP contribution in [-0.4, -0.2) is 34.1 Å². The van der Waals surface area contributed by atoms with Crippen LogP contribution in [-0.2, 0) is 12.4 Å². The van der Waals surface area contributed by atoms with E-state index in [2.05, 4.69) is 6.58 Å². The van der Waals surface area contributed by atoms with Crippen LogP contribution in [0.4, 0.5) is 0 Å². The average molecular weight is 216 g/mol. The van der Waals surface area contributed by atoms with Crippen LogP contribution in [0.15, 0.2) is 12.7 Å². The Hall–Kier alpha value is -0.338. The molecule has 0 rings (SSSR count). The van der Waals surface area contributed by atoms with Crippen LogP contribution in [0.2, 0.25) is 0 Å². The summed E-state index contributed by atoms with van der Waals surface area (Å²) in [6.45, 7) is 10.9. The van der Waals surface area contributed by atoms with Gasteiger partial charge in [0.2, 0.25) is 0 Å². The van der Waals surface area contributed by atoms with Crippen molar-refractivity contribution in [1.29, 1.82) is 0 Å². The fourth-order valence-electron chi connectivity index (χ4n) is 0.254. The summed E-state index contributed by atoms with van der Waals surface area (Å²) in [5.74, 6) is -1.23. The van der Waals surface area contributed by atoms with Crippen molar-refractivity contribution in [3.8, 4) is 0 Å². The van der Waals surface area contributed by atoms with E-state index in [0.29, 0.717) is 12.2 Å². The van der Waals surface area contributed by atoms with E-state index in [-0.39, 0.29) is 15.9 Å². The molecule has 0 saturated carbocycles. The van der Waals surface area contributed by atoms with Crippen LogP contribution in [0.25, 0.3) is 0 Å². The molecule has 5 heteroatoms. The molecule has 0 saturated heterocycles. The van der Waals surface area contributed by atoms with Crippen molar-refractivity contribution in [3.63, 3.8) is 0 Å². The minimum atomic E-state index is -1.23. The zero-order valence-electron chi connectivity index (χ0n) is 9.15. The molecule has 0 unspecified atom stereocenters. The molecule has 4 nitrogen and oxygen atoms in total. The molecule has 0 aliphatic carbocycles. The van der Waals surface area contributed by atoms with Gasteiger partial charge < -0.3 is 9.90 Å². The Labute approximate surface area is 92.3 Å². The van der Waals surface area contributed by atoms with Crippen molar-refractivity contribution in [3.05, 3.63) is 12.7 Å². The molecule has 0 amide bonds. The molecule has 14 heavy (non-hydrogen) atoms. The van der Waals surface area contributed by atoms with Crippen LogP contribution in [0.5, 0.6) is 0 Å². The fourth-order valence-corrected chi connectivity index (χ4v) is 0.763. The number of carboxylic acids is 1. The van der Waals surface area contributed by atoms with E-state index in [0.717, 1.165) is 6.08 Å². The van der Waals surface area contributed by atoms with Gasteiger partial charge in [-0.25, -0.2) is 0 Å². The molecule has 0 aromatic heterocycles. The van der Waals surface area contributed by atoms with E-state index in [9.17, 15) is 0 Å². The zero-order valence-corrected chi connectivity index (χ0v) is 10.3. The van der Waals surface area contributed by atoms with E-state index in [1.165, 1.54) is 0 Å². The summed E-state index contributed by atoms with van der Waals surface area (Å²) in [5, 5.41) is 9.14. The van der Waals surface area contributed by atoms with Gasteiger partial charge in [0.1, 0.15) is 0 Å². The van der Waals surface area contributed by atoms with Crippen molar-refractivity contribution in [2.75, 3.05) is 0 Å². The van der Waals surface area contributed by atoms with E-state index in [1.54, 1.807) is 0 Å². The molecule has 80 valence electrons. The first kappa shape index (κ1) is 16.1. The standard InChI is InChI=1S/C3H4O2.2C3H7O.Al/c1-2-3(4)5;2*1-3(2)4;/h2H,1H2,(H,4,5);2*3H,1-2H3;/q;2*-1;+3/p-1. The molecule has 0 radical (unpaired) electrons. The van der Waals surface area contributed by atoms with Gasteiger partial charge in [-0.2, -0.15) is 0 Å². The Morgan fingerprint density at radius 3 is 1.71 bits per heavy atom. The molecular formula is C9H17AlO4. The van der Waals surface area contributed by atoms with Gasteiger partial charge in [0.25, 0.3) is 0 Å². The number of carboxylic acid groups (broad SMARTS) is 1. The molecular weight excluding hydrogens is 199 g/mol. The summed E-state index contributed by atoms with van der Waals surface area (Å²) in [4.78, 5) is 9.14. The van der Waals surface area contributed by atoms with E-state index in [1.807, 2.05) is 27.7 Å². The van der Waals surface area contributed by atoms with Crippen molar-refractivity contribution in [2.24, 2.45) is 0 Å². The summed E-state index contributed by atoms with van der Waals surface area (Å²) >= 11 is -0.245. The molecule has 0 aliphatic heterocycles. The van der Waals surface area contributed by atoms with Crippen LogP contribution < -0.4 is 5.11 Å². The SMILES string of the molecule is C=CC(=O)[O-].CC(C)[O][Al+][O]C(C)C. The molecule has 0 aromatic carbocycles. The number of hydrogen-bond acceptors (Lipinski definition) is 4. The van der Waals surface area contributed by atoms with Gasteiger partial charge in [-0.15, -0.1) is 0 Å². The topological polar surface area (TPSA) is 58.6 Å². The average Bonchev–Trinajstić information content (AvgIpc) is 2.04. The second-order valence-corrected chi connectivity index (χ2v) is 3.73. The van der Waals surface area contributed by atoms with Gasteiger partial charge in [0.15, 0.2) is 0 Å². The maximum atomic E-state index is 9.14. The van der Waals surface area contributed by atoms with Crippen molar-refractivity contribution in [1.82, 2.24) is 0 Å². The molecule has 0 aliphatic rings. The number of aliphatic carboxylic acids is 1. The van der Waals surface area contributed by atoms with E-state index >= 15 is 0 Å². The second kappa shape index (κ2) is 10.7. The first-order valence-corrected chi connectivity index (χ1v) is 5.30. The predicted molar refractivity (Wildman–Crippen MR) is 53.4 cm³/mol. The third kappa shape index (κ3) is 22.6. The van der Waals surface area contributed by atoms with Crippen molar-refractivity contribution >= 4 is 21.9 Å². The van der Waals surface area contributed by atoms with Gasteiger partial charge in [0, 0.05) is 0 Å². The van der Waals surface area contributed by atoms with Gasteiger partial charge in [-0.3, -0.25) is 0 Å². The van der Waals surface area contributed by atoms with Crippen molar-refractivity contribution in [2.45, 2.75) is 39.9 Å². The first-order valence-electron chi connectivity index (χ1n) is 4.36. The summed E-state index contributed by atoms with van der Waals surface area (Å²) in [7, 11) is 0. The molecule has 0 heterocycles. The van der Waals surface area contributed by atoms with Gasteiger partial charge in [0.05, 0.1) is 5.97 Å². The molecule has 0 N–H and O–H groups in total. The number of rotatable bonds is 5. The molecule has 0 bridgehead atoms. The van der Waals surface area contributed by atoms with Gasteiger partial charge in [-0.1, -0.05) is 6.58 Å². The predicted octanol–water partition coefficient (Wildman–Crippen LogP) is 0.293. The van der Waals surface area contributed by atoms with Crippen LogP contribution >= 0.6 is 0 Å². The van der Waals surface area contributed by atoms with Gasteiger partial charge in [-0.05, 0) is 6.08 Å². The molecule has 0 atom stereocenters. The summed E-state index contributed by atoms with van der Waals surface area (Å²) in [5.41, 5.74) is 0. The fraction of sp³-hybridized carbons (Fsp3) is 0.667. The minimum absolute atomic E-state index is 0.245. The molecule has 0 aromatic rings. The third-order valence-electron chi connectivity index (χ3n) is 0.822. The number of hydrogen-bond donors (Lipinski definition) is 0. The Morgan fingerprint density at radius 1 is 1.29 bits per heavy atom. The monoisotopic (exact) mass is 216 g/mol. The molecule has 0 spiro atoms. The first-order chi connectivity index (χ1) is 6.40. The van der Waals surface area contributed by atoms with E-state index in [4.69, 9.17) is 17.5 Å². The quantitative estimate of drug-likeness (QED) is 0.489. The van der Waals surface area contributed by atoms with Crippen LogP contribution in [0.3, 0.4) is 0 Å². The van der Waals surface area contributed by atoms with Gasteiger partial charge >= 0.3 is 63.4 Å². The second-order valence-electron chi connectivity index (χ2n) is 2.99.